The van der Waals surface area contributed by atoms with Crippen molar-refractivity contribution in [2.75, 3.05) is 33.5 Å². The Kier molecular flexibility index (Phi) is 5.91. The smallest absolute Gasteiger partial charge is 0.491 e. The summed E-state index contributed by atoms with van der Waals surface area (Å²) in [5, 5.41) is 2.33. The van der Waals surface area contributed by atoms with Crippen LogP contribution in [0.3, 0.4) is 0 Å². The summed E-state index contributed by atoms with van der Waals surface area (Å²) in [6, 6.07) is 14.1. The molecule has 0 aliphatic carbocycles. The van der Waals surface area contributed by atoms with Gasteiger partial charge in [0.25, 0.3) is 0 Å². The van der Waals surface area contributed by atoms with Crippen LogP contribution >= 0.6 is 0 Å². The summed E-state index contributed by atoms with van der Waals surface area (Å²) < 4.78 is 17.0. The standard InChI is InChI=1S/C17H20NO4/c1-18(2)17(19)22-12-10-20-9-11-21-16-8-7-14-5-3-4-6-15(14)13-16/h3-8,13H,1,9-12H2,2H3/q+1. The zero-order valence-electron chi connectivity index (χ0n) is 12.7. The number of fused-ring (bicyclic) bond motifs is 1. The van der Waals surface area contributed by atoms with Gasteiger partial charge in [0.1, 0.15) is 32.7 Å². The van der Waals surface area contributed by atoms with E-state index < -0.39 is 6.09 Å². The number of hydrogen-bond donors (Lipinski definition) is 0. The predicted octanol–water partition coefficient (Wildman–Crippen LogP) is 2.71. The Bertz CT molecular complexity index is 654. The summed E-state index contributed by atoms with van der Waals surface area (Å²) >= 11 is 0. The van der Waals surface area contributed by atoms with E-state index in [0.29, 0.717) is 19.8 Å². The Labute approximate surface area is 129 Å². The number of rotatable bonds is 7. The molecule has 0 N–H and O–H groups in total. The van der Waals surface area contributed by atoms with Crippen molar-refractivity contribution < 1.29 is 23.6 Å². The van der Waals surface area contributed by atoms with Gasteiger partial charge in [0, 0.05) is 0 Å². The van der Waals surface area contributed by atoms with Crippen LogP contribution in [0.1, 0.15) is 0 Å². The van der Waals surface area contributed by atoms with Crippen LogP contribution in [0.4, 0.5) is 4.79 Å². The summed E-state index contributed by atoms with van der Waals surface area (Å²) in [6.07, 6.45) is -0.476. The molecule has 0 aliphatic heterocycles. The van der Waals surface area contributed by atoms with E-state index in [2.05, 4.69) is 12.8 Å². The summed E-state index contributed by atoms with van der Waals surface area (Å²) in [5.74, 6) is 0.812. The molecule has 1 amide bonds. The minimum atomic E-state index is -0.476. The van der Waals surface area contributed by atoms with Gasteiger partial charge in [0.05, 0.1) is 13.2 Å². The molecule has 116 valence electrons. The molecule has 0 saturated carbocycles. The fourth-order valence-electron chi connectivity index (χ4n) is 1.88. The number of nitrogens with zero attached hydrogens (tertiary/aromatic N) is 1. The third-order valence-electron chi connectivity index (χ3n) is 2.98. The van der Waals surface area contributed by atoms with Crippen molar-refractivity contribution in [3.8, 4) is 5.75 Å². The molecule has 0 radical (unpaired) electrons. The lowest BCUT2D eigenvalue weighted by Crippen LogP contribution is -2.19. The molecule has 22 heavy (non-hydrogen) atoms. The second-order valence-corrected chi connectivity index (χ2v) is 4.78. The maximum absolute atomic E-state index is 11.1. The molecular formula is C17H20NO4+. The Morgan fingerprint density at radius 2 is 1.77 bits per heavy atom. The number of amides is 1. The van der Waals surface area contributed by atoms with E-state index in [1.165, 1.54) is 12.4 Å². The first-order valence-electron chi connectivity index (χ1n) is 7.07. The van der Waals surface area contributed by atoms with E-state index in [1.807, 2.05) is 36.4 Å². The molecule has 0 fully saturated rings. The fourth-order valence-corrected chi connectivity index (χ4v) is 1.88. The highest BCUT2D eigenvalue weighted by Crippen LogP contribution is 2.20. The number of ether oxygens (including phenoxy) is 3. The highest BCUT2D eigenvalue weighted by Gasteiger charge is 2.10. The van der Waals surface area contributed by atoms with Crippen LogP contribution in [0.2, 0.25) is 0 Å². The molecule has 0 heterocycles. The lowest BCUT2D eigenvalue weighted by atomic mass is 10.1. The summed E-state index contributed by atoms with van der Waals surface area (Å²) in [6.45, 7) is 4.84. The molecule has 5 nitrogen and oxygen atoms in total. The second kappa shape index (κ2) is 8.14. The third-order valence-corrected chi connectivity index (χ3v) is 2.98. The molecule has 0 bridgehead atoms. The van der Waals surface area contributed by atoms with Gasteiger partial charge in [-0.2, -0.15) is 4.79 Å². The average Bonchev–Trinajstić information content (AvgIpc) is 2.53. The molecule has 0 saturated heterocycles. The Morgan fingerprint density at radius 1 is 1.05 bits per heavy atom. The minimum absolute atomic E-state index is 0.203. The van der Waals surface area contributed by atoms with Crippen molar-refractivity contribution >= 4 is 23.6 Å². The molecule has 2 aromatic carbocycles. The average molecular weight is 302 g/mol. The zero-order chi connectivity index (χ0) is 15.8. The largest absolute Gasteiger partial charge is 0.595 e. The van der Waals surface area contributed by atoms with E-state index in [9.17, 15) is 4.79 Å². The van der Waals surface area contributed by atoms with E-state index in [1.54, 1.807) is 0 Å². The second-order valence-electron chi connectivity index (χ2n) is 4.78. The number of carbonyl (C=O) groups is 1. The lowest BCUT2D eigenvalue weighted by molar-refractivity contribution is -0.405. The van der Waals surface area contributed by atoms with Crippen molar-refractivity contribution in [1.82, 2.24) is 0 Å². The van der Waals surface area contributed by atoms with Crippen LogP contribution in [0.25, 0.3) is 10.8 Å². The van der Waals surface area contributed by atoms with Crippen LogP contribution in [-0.4, -0.2) is 50.9 Å². The SMILES string of the molecule is C=[N+](C)C(=O)OCCOCCOc1ccc2ccccc2c1. The normalized spacial score (nSPS) is 10.4. The summed E-state index contributed by atoms with van der Waals surface area (Å²) in [4.78, 5) is 11.1. The first-order valence-corrected chi connectivity index (χ1v) is 7.07. The van der Waals surface area contributed by atoms with E-state index in [4.69, 9.17) is 14.2 Å². The van der Waals surface area contributed by atoms with Crippen LogP contribution in [0.5, 0.6) is 5.75 Å². The van der Waals surface area contributed by atoms with Crippen LogP contribution in [-0.2, 0) is 9.47 Å². The molecule has 0 aromatic heterocycles. The first-order chi connectivity index (χ1) is 10.7. The number of benzene rings is 2. The third kappa shape index (κ3) is 4.86. The Balaban J connectivity index is 1.64. The quantitative estimate of drug-likeness (QED) is 0.448. The number of carbonyl (C=O) groups excluding carboxylic acids is 1. The molecule has 2 rings (SSSR count). The van der Waals surface area contributed by atoms with Crippen LogP contribution in [0, 0.1) is 0 Å². The fraction of sp³-hybridized carbons (Fsp3) is 0.294. The van der Waals surface area contributed by atoms with Crippen molar-refractivity contribution in [1.29, 1.82) is 0 Å². The van der Waals surface area contributed by atoms with Gasteiger partial charge in [-0.05, 0) is 22.9 Å². The van der Waals surface area contributed by atoms with Gasteiger partial charge in [-0.3, -0.25) is 0 Å². The Morgan fingerprint density at radius 3 is 2.55 bits per heavy atom. The number of hydrogen-bond acceptors (Lipinski definition) is 4. The highest BCUT2D eigenvalue weighted by atomic mass is 16.6. The molecular weight excluding hydrogens is 282 g/mol. The van der Waals surface area contributed by atoms with Gasteiger partial charge >= 0.3 is 6.09 Å². The minimum Gasteiger partial charge on any atom is -0.491 e. The van der Waals surface area contributed by atoms with Gasteiger partial charge in [-0.15, -0.1) is 4.58 Å². The maximum atomic E-state index is 11.1. The maximum Gasteiger partial charge on any atom is 0.595 e. The zero-order valence-corrected chi connectivity index (χ0v) is 12.7. The molecule has 0 unspecified atom stereocenters. The summed E-state index contributed by atoms with van der Waals surface area (Å²) in [5.41, 5.74) is 0. The molecule has 2 aromatic rings. The van der Waals surface area contributed by atoms with Crippen LogP contribution in [0.15, 0.2) is 42.5 Å². The van der Waals surface area contributed by atoms with E-state index in [0.717, 1.165) is 15.7 Å². The van der Waals surface area contributed by atoms with Gasteiger partial charge in [0.15, 0.2) is 0 Å². The van der Waals surface area contributed by atoms with E-state index >= 15 is 0 Å². The van der Waals surface area contributed by atoms with Gasteiger partial charge in [-0.25, -0.2) is 0 Å². The highest BCUT2D eigenvalue weighted by molar-refractivity contribution is 5.83. The van der Waals surface area contributed by atoms with Gasteiger partial charge in [-0.1, -0.05) is 30.3 Å². The lowest BCUT2D eigenvalue weighted by Gasteiger charge is -2.08. The van der Waals surface area contributed by atoms with Crippen LogP contribution < -0.4 is 4.74 Å². The monoisotopic (exact) mass is 302 g/mol. The topological polar surface area (TPSA) is 47.8 Å². The first kappa shape index (κ1) is 16.0. The van der Waals surface area contributed by atoms with Gasteiger partial charge in [0.2, 0.25) is 0 Å². The molecule has 5 heteroatoms. The molecule has 0 aliphatic rings. The van der Waals surface area contributed by atoms with Gasteiger partial charge < -0.3 is 14.2 Å². The van der Waals surface area contributed by atoms with Crippen molar-refractivity contribution in [3.63, 3.8) is 0 Å². The molecule has 0 atom stereocenters. The molecule has 0 spiro atoms. The predicted molar refractivity (Wildman–Crippen MR) is 84.9 cm³/mol. The van der Waals surface area contributed by atoms with Crippen molar-refractivity contribution in [3.05, 3.63) is 42.5 Å². The van der Waals surface area contributed by atoms with E-state index in [-0.39, 0.29) is 6.61 Å². The van der Waals surface area contributed by atoms with Crippen molar-refractivity contribution in [2.45, 2.75) is 0 Å². The van der Waals surface area contributed by atoms with Crippen molar-refractivity contribution in [2.24, 2.45) is 0 Å². The Hall–Kier alpha value is -2.40. The summed E-state index contributed by atoms with van der Waals surface area (Å²) in [7, 11) is 1.53.